The van der Waals surface area contributed by atoms with Crippen molar-refractivity contribution in [1.29, 1.82) is 0 Å². The molecule has 0 rings (SSSR count). The Morgan fingerprint density at radius 3 is 2.37 bits per heavy atom. The molecule has 0 bridgehead atoms. The molecule has 19 heavy (non-hydrogen) atoms. The third-order valence-corrected chi connectivity index (χ3v) is 2.18. The Labute approximate surface area is 111 Å². The number of nitrogens with zero attached hydrogens (tertiary/aromatic N) is 1. The highest BCUT2D eigenvalue weighted by molar-refractivity contribution is 5.85. The van der Waals surface area contributed by atoms with Crippen molar-refractivity contribution in [3.05, 3.63) is 0 Å². The summed E-state index contributed by atoms with van der Waals surface area (Å²) in [6.45, 7) is 2.96. The average Bonchev–Trinajstić information content (AvgIpc) is 2.35. The van der Waals surface area contributed by atoms with Crippen LogP contribution in [0.1, 0.15) is 20.3 Å². The number of esters is 1. The molecule has 0 heterocycles. The number of aliphatic hydroxyl groups excluding tert-OH is 1. The minimum Gasteiger partial charge on any atom is -0.480 e. The molecule has 0 spiro atoms. The van der Waals surface area contributed by atoms with Gasteiger partial charge in [-0.1, -0.05) is 6.92 Å². The van der Waals surface area contributed by atoms with Gasteiger partial charge < -0.3 is 25.2 Å². The molecule has 8 heteroatoms. The fraction of sp³-hybridized carbons (Fsp3) is 0.727. The predicted octanol–water partition coefficient (Wildman–Crippen LogP) is -0.583. The van der Waals surface area contributed by atoms with Gasteiger partial charge in [0.05, 0.1) is 13.2 Å². The number of hydrogen-bond acceptors (Lipinski definition) is 5. The molecule has 1 unspecified atom stereocenters. The van der Waals surface area contributed by atoms with Gasteiger partial charge in [-0.25, -0.2) is 9.59 Å². The quantitative estimate of drug-likeness (QED) is 0.511. The molecule has 1 atom stereocenters. The number of carbonyl (C=O) groups excluding carboxylic acids is 2. The van der Waals surface area contributed by atoms with Crippen molar-refractivity contribution in [2.45, 2.75) is 26.3 Å². The number of carboxylic acids is 1. The van der Waals surface area contributed by atoms with Crippen molar-refractivity contribution < 1.29 is 29.3 Å². The summed E-state index contributed by atoms with van der Waals surface area (Å²) in [6.07, 6.45) is 0.601. The fourth-order valence-electron chi connectivity index (χ4n) is 1.31. The van der Waals surface area contributed by atoms with Crippen LogP contribution >= 0.6 is 0 Å². The average molecular weight is 276 g/mol. The first-order valence-electron chi connectivity index (χ1n) is 6.00. The second-order valence-electron chi connectivity index (χ2n) is 3.75. The van der Waals surface area contributed by atoms with Gasteiger partial charge in [-0.2, -0.15) is 0 Å². The monoisotopic (exact) mass is 276 g/mol. The van der Waals surface area contributed by atoms with Crippen molar-refractivity contribution in [2.75, 3.05) is 26.3 Å². The number of aliphatic carboxylic acids is 1. The highest BCUT2D eigenvalue weighted by Crippen LogP contribution is 1.96. The van der Waals surface area contributed by atoms with E-state index in [0.717, 1.165) is 4.90 Å². The van der Waals surface area contributed by atoms with Crippen molar-refractivity contribution in [2.24, 2.45) is 0 Å². The Balaban J connectivity index is 4.55. The van der Waals surface area contributed by atoms with E-state index >= 15 is 0 Å². The molecule has 0 aromatic rings. The first-order valence-corrected chi connectivity index (χ1v) is 6.00. The van der Waals surface area contributed by atoms with Gasteiger partial charge in [0.1, 0.15) is 6.54 Å². The van der Waals surface area contributed by atoms with Gasteiger partial charge in [0, 0.05) is 6.54 Å². The van der Waals surface area contributed by atoms with Crippen LogP contribution in [0, 0.1) is 0 Å². The van der Waals surface area contributed by atoms with Crippen molar-refractivity contribution in [3.8, 4) is 0 Å². The number of carbonyl (C=O) groups is 3. The van der Waals surface area contributed by atoms with Gasteiger partial charge >= 0.3 is 18.0 Å². The molecule has 0 aromatic heterocycles. The zero-order chi connectivity index (χ0) is 14.8. The van der Waals surface area contributed by atoms with Gasteiger partial charge in [-0.05, 0) is 13.3 Å². The normalized spacial score (nSPS) is 11.5. The van der Waals surface area contributed by atoms with E-state index in [1.807, 2.05) is 6.92 Å². The van der Waals surface area contributed by atoms with Gasteiger partial charge in [-0.3, -0.25) is 4.79 Å². The van der Waals surface area contributed by atoms with E-state index in [9.17, 15) is 14.4 Å². The number of rotatable bonds is 8. The molecular weight excluding hydrogens is 256 g/mol. The van der Waals surface area contributed by atoms with E-state index in [1.165, 1.54) is 0 Å². The lowest BCUT2D eigenvalue weighted by Gasteiger charge is -2.23. The summed E-state index contributed by atoms with van der Waals surface area (Å²) >= 11 is 0. The van der Waals surface area contributed by atoms with Crippen LogP contribution in [0.25, 0.3) is 0 Å². The standard InChI is InChI=1S/C11H20N2O6/c1-3-5-13(6-9(15)19-4-2)11(18)12-8(7-14)10(16)17/h8,14H,3-7H2,1-2H3,(H,12,18)(H,16,17). The summed E-state index contributed by atoms with van der Waals surface area (Å²) < 4.78 is 4.72. The molecule has 0 aliphatic carbocycles. The van der Waals surface area contributed by atoms with Crippen LogP contribution in [-0.2, 0) is 14.3 Å². The molecule has 0 aliphatic heterocycles. The molecule has 0 radical (unpaired) electrons. The molecule has 0 saturated carbocycles. The van der Waals surface area contributed by atoms with Crippen LogP contribution in [0.2, 0.25) is 0 Å². The summed E-state index contributed by atoms with van der Waals surface area (Å²) in [5.74, 6) is -1.91. The van der Waals surface area contributed by atoms with Gasteiger partial charge in [0.15, 0.2) is 6.04 Å². The fourth-order valence-corrected chi connectivity index (χ4v) is 1.31. The summed E-state index contributed by atoms with van der Waals surface area (Å²) in [5.41, 5.74) is 0. The Morgan fingerprint density at radius 2 is 1.95 bits per heavy atom. The van der Waals surface area contributed by atoms with Gasteiger partial charge in [0.2, 0.25) is 0 Å². The van der Waals surface area contributed by atoms with Gasteiger partial charge in [-0.15, -0.1) is 0 Å². The largest absolute Gasteiger partial charge is 0.480 e. The molecule has 0 saturated heterocycles. The maximum absolute atomic E-state index is 11.8. The Morgan fingerprint density at radius 1 is 1.32 bits per heavy atom. The second-order valence-corrected chi connectivity index (χ2v) is 3.75. The maximum Gasteiger partial charge on any atom is 0.328 e. The first-order chi connectivity index (χ1) is 8.96. The predicted molar refractivity (Wildman–Crippen MR) is 65.5 cm³/mol. The van der Waals surface area contributed by atoms with Crippen LogP contribution in [0.4, 0.5) is 4.79 Å². The van der Waals surface area contributed by atoms with Crippen LogP contribution in [0.5, 0.6) is 0 Å². The second kappa shape index (κ2) is 9.15. The Kier molecular flexibility index (Phi) is 8.27. The van der Waals surface area contributed by atoms with Crippen LogP contribution in [0.3, 0.4) is 0 Å². The van der Waals surface area contributed by atoms with E-state index < -0.39 is 30.6 Å². The number of ether oxygens (including phenoxy) is 1. The van der Waals surface area contributed by atoms with E-state index in [0.29, 0.717) is 6.42 Å². The highest BCUT2D eigenvalue weighted by atomic mass is 16.5. The number of nitrogens with one attached hydrogen (secondary N) is 1. The lowest BCUT2D eigenvalue weighted by Crippen LogP contribution is -2.51. The Hall–Kier alpha value is -1.83. The smallest absolute Gasteiger partial charge is 0.328 e. The summed E-state index contributed by atoms with van der Waals surface area (Å²) in [6, 6.07) is -2.12. The third kappa shape index (κ3) is 6.61. The topological polar surface area (TPSA) is 116 Å². The van der Waals surface area contributed by atoms with Crippen LogP contribution in [-0.4, -0.2) is 65.4 Å². The molecule has 2 amide bonds. The third-order valence-electron chi connectivity index (χ3n) is 2.18. The van der Waals surface area contributed by atoms with Crippen molar-refractivity contribution in [3.63, 3.8) is 0 Å². The zero-order valence-electron chi connectivity index (χ0n) is 11.1. The molecule has 0 aliphatic rings. The molecule has 3 N–H and O–H groups in total. The summed E-state index contributed by atoms with van der Waals surface area (Å²) in [4.78, 5) is 34.9. The molecule has 8 nitrogen and oxygen atoms in total. The zero-order valence-corrected chi connectivity index (χ0v) is 11.1. The van der Waals surface area contributed by atoms with Crippen LogP contribution < -0.4 is 5.32 Å². The maximum atomic E-state index is 11.8. The number of carboxylic acid groups (broad SMARTS) is 1. The minimum absolute atomic E-state index is 0.203. The SMILES string of the molecule is CCCN(CC(=O)OCC)C(=O)NC(CO)C(=O)O. The van der Waals surface area contributed by atoms with Gasteiger partial charge in [0.25, 0.3) is 0 Å². The minimum atomic E-state index is -1.39. The van der Waals surface area contributed by atoms with E-state index in [2.05, 4.69) is 5.32 Å². The lowest BCUT2D eigenvalue weighted by molar-refractivity contribution is -0.143. The first kappa shape index (κ1) is 17.2. The van der Waals surface area contributed by atoms with E-state index in [4.69, 9.17) is 14.9 Å². The number of aliphatic hydroxyl groups is 1. The number of urea groups is 1. The highest BCUT2D eigenvalue weighted by Gasteiger charge is 2.23. The number of amides is 2. The summed E-state index contributed by atoms with van der Waals surface area (Å²) in [5, 5.41) is 19.7. The van der Waals surface area contributed by atoms with Crippen molar-refractivity contribution >= 4 is 18.0 Å². The van der Waals surface area contributed by atoms with Crippen molar-refractivity contribution in [1.82, 2.24) is 10.2 Å². The lowest BCUT2D eigenvalue weighted by atomic mass is 10.3. The number of hydrogen-bond donors (Lipinski definition) is 3. The van der Waals surface area contributed by atoms with Crippen LogP contribution in [0.15, 0.2) is 0 Å². The molecule has 0 aromatic carbocycles. The molecular formula is C11H20N2O6. The van der Waals surface area contributed by atoms with E-state index in [1.54, 1.807) is 6.92 Å². The molecule has 110 valence electrons. The molecule has 0 fully saturated rings. The Bertz CT molecular complexity index is 320. The summed E-state index contributed by atoms with van der Waals surface area (Å²) in [7, 11) is 0. The van der Waals surface area contributed by atoms with E-state index in [-0.39, 0.29) is 19.7 Å².